The van der Waals surface area contributed by atoms with Gasteiger partial charge >= 0.3 is 5.76 Å². The Kier molecular flexibility index (Phi) is 2.91. The van der Waals surface area contributed by atoms with Gasteiger partial charge in [0.2, 0.25) is 0 Å². The average molecular weight is 232 g/mol. The van der Waals surface area contributed by atoms with E-state index in [0.29, 0.717) is 17.0 Å². The summed E-state index contributed by atoms with van der Waals surface area (Å²) in [6, 6.07) is 6.87. The fourth-order valence-corrected chi connectivity index (χ4v) is 1.69. The van der Waals surface area contributed by atoms with E-state index in [1.165, 1.54) is 4.57 Å². The minimum atomic E-state index is -0.518. The van der Waals surface area contributed by atoms with Gasteiger partial charge in [0.1, 0.15) is 0 Å². The Labute approximate surface area is 97.7 Å². The molecule has 2 rings (SSSR count). The van der Waals surface area contributed by atoms with Crippen molar-refractivity contribution in [3.63, 3.8) is 0 Å². The van der Waals surface area contributed by atoms with Crippen molar-refractivity contribution >= 4 is 6.29 Å². The lowest BCUT2D eigenvalue weighted by molar-refractivity contribution is 0.112. The highest BCUT2D eigenvalue weighted by Crippen LogP contribution is 2.21. The second-order valence-corrected chi connectivity index (χ2v) is 3.94. The average Bonchev–Trinajstić information content (AvgIpc) is 2.71. The first-order valence-electron chi connectivity index (χ1n) is 5.28. The SMILES string of the molecule is CC(C)n1c(-c2ccccc2C=O)noc1=O. The summed E-state index contributed by atoms with van der Waals surface area (Å²) in [5.74, 6) is -0.136. The molecule has 0 aliphatic rings. The van der Waals surface area contributed by atoms with Gasteiger partial charge in [0.25, 0.3) is 0 Å². The van der Waals surface area contributed by atoms with Gasteiger partial charge in [-0.25, -0.2) is 4.79 Å². The summed E-state index contributed by atoms with van der Waals surface area (Å²) in [6.07, 6.45) is 0.735. The van der Waals surface area contributed by atoms with Crippen LogP contribution in [0.5, 0.6) is 0 Å². The standard InChI is InChI=1S/C12H12N2O3/c1-8(2)14-11(13-17-12(14)16)10-6-4-3-5-9(10)7-15/h3-8H,1-2H3. The van der Waals surface area contributed by atoms with Crippen molar-refractivity contribution in [3.8, 4) is 11.4 Å². The molecular formula is C12H12N2O3. The van der Waals surface area contributed by atoms with E-state index < -0.39 is 5.76 Å². The Morgan fingerprint density at radius 2 is 2.06 bits per heavy atom. The van der Waals surface area contributed by atoms with Gasteiger partial charge in [-0.2, -0.15) is 0 Å². The van der Waals surface area contributed by atoms with Crippen LogP contribution in [-0.2, 0) is 0 Å². The topological polar surface area (TPSA) is 65.1 Å². The Morgan fingerprint density at radius 1 is 1.35 bits per heavy atom. The van der Waals surface area contributed by atoms with E-state index >= 15 is 0 Å². The van der Waals surface area contributed by atoms with Crippen molar-refractivity contribution in [1.29, 1.82) is 0 Å². The maximum Gasteiger partial charge on any atom is 0.442 e. The number of aromatic nitrogens is 2. The van der Waals surface area contributed by atoms with Crippen LogP contribution in [0.3, 0.4) is 0 Å². The summed E-state index contributed by atoms with van der Waals surface area (Å²) in [5, 5.41) is 3.73. The molecule has 0 fully saturated rings. The molecular weight excluding hydrogens is 220 g/mol. The van der Waals surface area contributed by atoms with Crippen molar-refractivity contribution in [2.75, 3.05) is 0 Å². The fourth-order valence-electron chi connectivity index (χ4n) is 1.69. The van der Waals surface area contributed by atoms with Gasteiger partial charge in [-0.1, -0.05) is 29.4 Å². The number of aldehydes is 1. The van der Waals surface area contributed by atoms with E-state index in [1.807, 2.05) is 13.8 Å². The van der Waals surface area contributed by atoms with E-state index in [4.69, 9.17) is 0 Å². The van der Waals surface area contributed by atoms with Gasteiger partial charge < -0.3 is 0 Å². The molecule has 0 aliphatic carbocycles. The normalized spacial score (nSPS) is 10.8. The Balaban J connectivity index is 2.69. The highest BCUT2D eigenvalue weighted by molar-refractivity contribution is 5.85. The van der Waals surface area contributed by atoms with Crippen LogP contribution in [-0.4, -0.2) is 16.0 Å². The van der Waals surface area contributed by atoms with Gasteiger partial charge in [0.05, 0.1) is 0 Å². The van der Waals surface area contributed by atoms with Crippen molar-refractivity contribution < 1.29 is 9.32 Å². The van der Waals surface area contributed by atoms with Crippen molar-refractivity contribution in [2.45, 2.75) is 19.9 Å². The van der Waals surface area contributed by atoms with Crippen molar-refractivity contribution in [2.24, 2.45) is 0 Å². The molecule has 2 aromatic rings. The molecule has 0 saturated heterocycles. The number of carbonyl (C=O) groups is 1. The van der Waals surface area contributed by atoms with Gasteiger partial charge in [0.15, 0.2) is 12.1 Å². The molecule has 5 nitrogen and oxygen atoms in total. The summed E-state index contributed by atoms with van der Waals surface area (Å²) in [6.45, 7) is 3.71. The highest BCUT2D eigenvalue weighted by Gasteiger charge is 2.17. The third-order valence-corrected chi connectivity index (χ3v) is 2.48. The summed E-state index contributed by atoms with van der Waals surface area (Å²) < 4.78 is 6.07. The zero-order chi connectivity index (χ0) is 12.4. The van der Waals surface area contributed by atoms with Gasteiger partial charge in [-0.15, -0.1) is 0 Å². The summed E-state index contributed by atoms with van der Waals surface area (Å²) in [5.41, 5.74) is 1.08. The van der Waals surface area contributed by atoms with Crippen LogP contribution in [0.1, 0.15) is 30.2 Å². The monoisotopic (exact) mass is 232 g/mol. The molecule has 0 radical (unpaired) electrons. The summed E-state index contributed by atoms with van der Waals surface area (Å²) in [7, 11) is 0. The molecule has 5 heteroatoms. The molecule has 1 heterocycles. The molecule has 0 saturated carbocycles. The quantitative estimate of drug-likeness (QED) is 0.758. The first-order valence-corrected chi connectivity index (χ1v) is 5.28. The lowest BCUT2D eigenvalue weighted by atomic mass is 10.1. The van der Waals surface area contributed by atoms with Crippen LogP contribution in [0, 0.1) is 0 Å². The second-order valence-electron chi connectivity index (χ2n) is 3.94. The highest BCUT2D eigenvalue weighted by atomic mass is 16.5. The van der Waals surface area contributed by atoms with Gasteiger partial charge in [-0.3, -0.25) is 13.9 Å². The molecule has 0 aliphatic heterocycles. The summed E-state index contributed by atoms with van der Waals surface area (Å²) in [4.78, 5) is 22.4. The predicted molar refractivity (Wildman–Crippen MR) is 62.0 cm³/mol. The first kappa shape index (κ1) is 11.3. The first-order chi connectivity index (χ1) is 8.15. The fraction of sp³-hybridized carbons (Fsp3) is 0.250. The number of rotatable bonds is 3. The van der Waals surface area contributed by atoms with Crippen LogP contribution in [0.4, 0.5) is 0 Å². The lowest BCUT2D eigenvalue weighted by Gasteiger charge is -2.08. The largest absolute Gasteiger partial charge is 0.442 e. The molecule has 1 aromatic heterocycles. The number of benzene rings is 1. The minimum Gasteiger partial charge on any atom is -0.298 e. The lowest BCUT2D eigenvalue weighted by Crippen LogP contribution is -2.17. The van der Waals surface area contributed by atoms with Crippen molar-refractivity contribution in [3.05, 3.63) is 40.4 Å². The predicted octanol–water partition coefficient (Wildman–Crippen LogP) is 1.90. The molecule has 0 atom stereocenters. The van der Waals surface area contributed by atoms with E-state index in [1.54, 1.807) is 24.3 Å². The number of nitrogens with zero attached hydrogens (tertiary/aromatic N) is 2. The minimum absolute atomic E-state index is 0.0801. The van der Waals surface area contributed by atoms with E-state index in [9.17, 15) is 9.59 Å². The second kappa shape index (κ2) is 4.37. The third-order valence-electron chi connectivity index (χ3n) is 2.48. The molecule has 1 aromatic carbocycles. The van der Waals surface area contributed by atoms with Gasteiger partial charge in [0, 0.05) is 17.2 Å². The Morgan fingerprint density at radius 3 is 2.71 bits per heavy atom. The Bertz CT molecular complexity index is 596. The van der Waals surface area contributed by atoms with E-state index in [2.05, 4.69) is 9.68 Å². The Hall–Kier alpha value is -2.17. The summed E-state index contributed by atoms with van der Waals surface area (Å²) >= 11 is 0. The molecule has 0 N–H and O–H groups in total. The zero-order valence-electron chi connectivity index (χ0n) is 9.58. The number of hydrogen-bond donors (Lipinski definition) is 0. The van der Waals surface area contributed by atoms with Crippen LogP contribution < -0.4 is 5.76 Å². The maximum atomic E-state index is 11.5. The van der Waals surface area contributed by atoms with E-state index in [-0.39, 0.29) is 6.04 Å². The molecule has 17 heavy (non-hydrogen) atoms. The van der Waals surface area contributed by atoms with Crippen molar-refractivity contribution in [1.82, 2.24) is 9.72 Å². The van der Waals surface area contributed by atoms with Crippen LogP contribution in [0.25, 0.3) is 11.4 Å². The number of carbonyl (C=O) groups excluding carboxylic acids is 1. The number of hydrogen-bond acceptors (Lipinski definition) is 4. The molecule has 88 valence electrons. The molecule has 0 unspecified atom stereocenters. The molecule has 0 spiro atoms. The maximum absolute atomic E-state index is 11.5. The van der Waals surface area contributed by atoms with Crippen LogP contribution in [0.2, 0.25) is 0 Å². The van der Waals surface area contributed by atoms with Crippen LogP contribution >= 0.6 is 0 Å². The van der Waals surface area contributed by atoms with E-state index in [0.717, 1.165) is 6.29 Å². The molecule has 0 amide bonds. The third kappa shape index (κ3) is 1.91. The van der Waals surface area contributed by atoms with Crippen LogP contribution in [0.15, 0.2) is 33.6 Å². The smallest absolute Gasteiger partial charge is 0.298 e. The zero-order valence-corrected chi connectivity index (χ0v) is 9.58. The van der Waals surface area contributed by atoms with Gasteiger partial charge in [-0.05, 0) is 13.8 Å². The molecule has 0 bridgehead atoms.